The number of hydrogen-bond donors (Lipinski definition) is 1. The molecule has 2 unspecified atom stereocenters. The summed E-state index contributed by atoms with van der Waals surface area (Å²) in [5, 5.41) is 3.09. The number of carbonyl (C=O) groups is 2. The average molecular weight is 344 g/mol. The lowest BCUT2D eigenvalue weighted by atomic mass is 9.94. The SMILES string of the molecule is O=C(NC1CC2CCC(C1)N2C(=O)C1CCCC1)c1ccc(F)cc1. The van der Waals surface area contributed by atoms with Gasteiger partial charge in [-0.2, -0.15) is 0 Å². The molecule has 25 heavy (non-hydrogen) atoms. The van der Waals surface area contributed by atoms with E-state index >= 15 is 0 Å². The molecule has 1 aromatic carbocycles. The third-order valence-electron chi connectivity index (χ3n) is 6.13. The van der Waals surface area contributed by atoms with E-state index in [1.807, 2.05) is 0 Å². The number of hydrogen-bond acceptors (Lipinski definition) is 2. The Morgan fingerprint density at radius 1 is 0.960 bits per heavy atom. The lowest BCUT2D eigenvalue weighted by Crippen LogP contribution is -2.53. The van der Waals surface area contributed by atoms with Crippen molar-refractivity contribution in [3.05, 3.63) is 35.6 Å². The minimum atomic E-state index is -0.340. The lowest BCUT2D eigenvalue weighted by Gasteiger charge is -2.40. The minimum absolute atomic E-state index is 0.0997. The van der Waals surface area contributed by atoms with Gasteiger partial charge in [0.2, 0.25) is 5.91 Å². The summed E-state index contributed by atoms with van der Waals surface area (Å²) in [7, 11) is 0. The maximum Gasteiger partial charge on any atom is 0.251 e. The maximum atomic E-state index is 13.0. The summed E-state index contributed by atoms with van der Waals surface area (Å²) < 4.78 is 13.0. The molecule has 1 aliphatic carbocycles. The van der Waals surface area contributed by atoms with Crippen molar-refractivity contribution < 1.29 is 14.0 Å². The van der Waals surface area contributed by atoms with E-state index in [2.05, 4.69) is 10.2 Å². The van der Waals surface area contributed by atoms with E-state index in [-0.39, 0.29) is 35.8 Å². The van der Waals surface area contributed by atoms with Crippen molar-refractivity contribution in [1.29, 1.82) is 0 Å². The van der Waals surface area contributed by atoms with Crippen molar-refractivity contribution in [2.45, 2.75) is 69.5 Å². The third kappa shape index (κ3) is 3.29. The second kappa shape index (κ2) is 6.77. The molecule has 134 valence electrons. The normalized spacial score (nSPS) is 29.0. The molecule has 0 aromatic heterocycles. The molecule has 1 N–H and O–H groups in total. The first-order chi connectivity index (χ1) is 12.1. The van der Waals surface area contributed by atoms with Gasteiger partial charge >= 0.3 is 0 Å². The Morgan fingerprint density at radius 3 is 2.16 bits per heavy atom. The Morgan fingerprint density at radius 2 is 1.56 bits per heavy atom. The molecule has 3 aliphatic rings. The Balaban J connectivity index is 1.38. The van der Waals surface area contributed by atoms with Crippen molar-refractivity contribution in [2.24, 2.45) is 5.92 Å². The van der Waals surface area contributed by atoms with Crippen LogP contribution in [-0.4, -0.2) is 34.8 Å². The lowest BCUT2D eigenvalue weighted by molar-refractivity contribution is -0.140. The standard InChI is InChI=1S/C20H25FN2O2/c21-15-7-5-13(6-8-15)19(24)22-16-11-17-9-10-18(12-16)23(17)20(25)14-3-1-2-4-14/h5-8,14,16-18H,1-4,9-12H2,(H,22,24). The first-order valence-corrected chi connectivity index (χ1v) is 9.50. The highest BCUT2D eigenvalue weighted by Gasteiger charge is 2.45. The van der Waals surface area contributed by atoms with E-state index in [1.54, 1.807) is 0 Å². The smallest absolute Gasteiger partial charge is 0.251 e. The molecule has 1 saturated carbocycles. The molecule has 5 heteroatoms. The van der Waals surface area contributed by atoms with Gasteiger partial charge in [-0.25, -0.2) is 4.39 Å². The molecule has 4 rings (SSSR count). The van der Waals surface area contributed by atoms with E-state index in [0.717, 1.165) is 38.5 Å². The van der Waals surface area contributed by atoms with Gasteiger partial charge in [0.1, 0.15) is 5.82 Å². The molecule has 2 heterocycles. The Hall–Kier alpha value is -1.91. The number of piperidine rings is 1. The van der Waals surface area contributed by atoms with Crippen LogP contribution in [0.3, 0.4) is 0 Å². The fourth-order valence-electron chi connectivity index (χ4n) is 4.91. The van der Waals surface area contributed by atoms with Crippen molar-refractivity contribution in [2.75, 3.05) is 0 Å². The third-order valence-corrected chi connectivity index (χ3v) is 6.13. The fraction of sp³-hybridized carbons (Fsp3) is 0.600. The molecule has 0 spiro atoms. The highest BCUT2D eigenvalue weighted by atomic mass is 19.1. The number of nitrogens with zero attached hydrogens (tertiary/aromatic N) is 1. The molecule has 2 saturated heterocycles. The molecule has 3 fully saturated rings. The van der Waals surface area contributed by atoms with Crippen LogP contribution in [0, 0.1) is 11.7 Å². The number of nitrogens with one attached hydrogen (secondary N) is 1. The summed E-state index contributed by atoms with van der Waals surface area (Å²) in [4.78, 5) is 27.4. The van der Waals surface area contributed by atoms with E-state index in [1.165, 1.54) is 37.1 Å². The van der Waals surface area contributed by atoms with Crippen LogP contribution >= 0.6 is 0 Å². The Bertz CT molecular complexity index is 640. The summed E-state index contributed by atoms with van der Waals surface area (Å²) in [6.45, 7) is 0. The molecular weight excluding hydrogens is 319 g/mol. The van der Waals surface area contributed by atoms with Gasteiger partial charge in [-0.05, 0) is 62.8 Å². The zero-order valence-corrected chi connectivity index (χ0v) is 14.4. The van der Waals surface area contributed by atoms with Crippen LogP contribution in [0.25, 0.3) is 0 Å². The zero-order chi connectivity index (χ0) is 17.4. The molecule has 2 atom stereocenters. The first-order valence-electron chi connectivity index (χ1n) is 9.50. The Labute approximate surface area is 147 Å². The van der Waals surface area contributed by atoms with E-state index in [9.17, 15) is 14.0 Å². The fourth-order valence-corrected chi connectivity index (χ4v) is 4.91. The van der Waals surface area contributed by atoms with Crippen molar-refractivity contribution in [3.63, 3.8) is 0 Å². The van der Waals surface area contributed by atoms with Gasteiger partial charge in [-0.3, -0.25) is 9.59 Å². The van der Waals surface area contributed by atoms with Crippen molar-refractivity contribution >= 4 is 11.8 Å². The van der Waals surface area contributed by atoms with E-state index < -0.39 is 0 Å². The molecule has 2 amide bonds. The van der Waals surface area contributed by atoms with Gasteiger partial charge in [0.15, 0.2) is 0 Å². The summed E-state index contributed by atoms with van der Waals surface area (Å²) in [6.07, 6.45) is 8.20. The van der Waals surface area contributed by atoms with Crippen molar-refractivity contribution in [1.82, 2.24) is 10.2 Å². The predicted molar refractivity (Wildman–Crippen MR) is 92.5 cm³/mol. The highest BCUT2D eigenvalue weighted by molar-refractivity contribution is 5.94. The van der Waals surface area contributed by atoms with Gasteiger partial charge in [-0.1, -0.05) is 12.8 Å². The number of benzene rings is 1. The van der Waals surface area contributed by atoms with Crippen LogP contribution in [0.1, 0.15) is 61.7 Å². The van der Waals surface area contributed by atoms with E-state index in [0.29, 0.717) is 11.5 Å². The zero-order valence-electron chi connectivity index (χ0n) is 14.4. The van der Waals surface area contributed by atoms with E-state index in [4.69, 9.17) is 0 Å². The highest BCUT2D eigenvalue weighted by Crippen LogP contribution is 2.39. The van der Waals surface area contributed by atoms with Gasteiger partial charge < -0.3 is 10.2 Å². The molecule has 4 nitrogen and oxygen atoms in total. The molecular formula is C20H25FN2O2. The largest absolute Gasteiger partial charge is 0.349 e. The summed E-state index contributed by atoms with van der Waals surface area (Å²) in [6, 6.07) is 6.28. The number of rotatable bonds is 3. The van der Waals surface area contributed by atoms with Crippen LogP contribution < -0.4 is 5.32 Å². The maximum absolute atomic E-state index is 13.0. The second-order valence-corrected chi connectivity index (χ2v) is 7.76. The van der Waals surface area contributed by atoms with Gasteiger partial charge in [-0.15, -0.1) is 0 Å². The summed E-state index contributed by atoms with van der Waals surface area (Å²) >= 11 is 0. The number of halogens is 1. The topological polar surface area (TPSA) is 49.4 Å². The van der Waals surface area contributed by atoms with Gasteiger partial charge in [0.05, 0.1) is 0 Å². The van der Waals surface area contributed by atoms with Crippen LogP contribution in [0.2, 0.25) is 0 Å². The summed E-state index contributed by atoms with van der Waals surface area (Å²) in [5.74, 6) is 0.0927. The minimum Gasteiger partial charge on any atom is -0.349 e. The average Bonchev–Trinajstić information content (AvgIpc) is 3.22. The first kappa shape index (κ1) is 16.6. The quantitative estimate of drug-likeness (QED) is 0.915. The number of fused-ring (bicyclic) bond motifs is 2. The monoisotopic (exact) mass is 344 g/mol. The van der Waals surface area contributed by atoms with Gasteiger partial charge in [0, 0.05) is 29.6 Å². The predicted octanol–water partition coefficient (Wildman–Crippen LogP) is 3.27. The number of carbonyl (C=O) groups excluding carboxylic acids is 2. The molecule has 2 bridgehead atoms. The van der Waals surface area contributed by atoms with Crippen LogP contribution in [0.15, 0.2) is 24.3 Å². The van der Waals surface area contributed by atoms with Crippen LogP contribution in [-0.2, 0) is 4.79 Å². The Kier molecular flexibility index (Phi) is 4.48. The number of amides is 2. The summed E-state index contributed by atoms with van der Waals surface area (Å²) in [5.41, 5.74) is 0.484. The van der Waals surface area contributed by atoms with Crippen LogP contribution in [0.5, 0.6) is 0 Å². The van der Waals surface area contributed by atoms with Crippen molar-refractivity contribution in [3.8, 4) is 0 Å². The molecule has 0 radical (unpaired) electrons. The van der Waals surface area contributed by atoms with Gasteiger partial charge in [0.25, 0.3) is 5.91 Å². The molecule has 2 aliphatic heterocycles. The molecule has 1 aromatic rings. The second-order valence-electron chi connectivity index (χ2n) is 7.76. The van der Waals surface area contributed by atoms with Crippen LogP contribution in [0.4, 0.5) is 4.39 Å².